The van der Waals surface area contributed by atoms with Crippen LogP contribution in [0.4, 0.5) is 5.95 Å². The summed E-state index contributed by atoms with van der Waals surface area (Å²) in [4.78, 5) is 4.14. The summed E-state index contributed by atoms with van der Waals surface area (Å²) >= 11 is 0. The summed E-state index contributed by atoms with van der Waals surface area (Å²) in [5.74, 6) is 2.05. The van der Waals surface area contributed by atoms with E-state index in [9.17, 15) is 0 Å². The van der Waals surface area contributed by atoms with Gasteiger partial charge >= 0.3 is 0 Å². The van der Waals surface area contributed by atoms with Crippen molar-refractivity contribution in [3.8, 4) is 0 Å². The number of anilines is 1. The summed E-state index contributed by atoms with van der Waals surface area (Å²) < 4.78 is 1.79. The quantitative estimate of drug-likeness (QED) is 0.767. The molecule has 0 atom stereocenters. The highest BCUT2D eigenvalue weighted by Gasteiger charge is 2.05. The minimum absolute atomic E-state index is 0.539. The smallest absolute Gasteiger partial charge is 0.218 e. The minimum atomic E-state index is 0.539. The minimum Gasteiger partial charge on any atom is -0.368 e. The predicted octanol–water partition coefficient (Wildman–Crippen LogP) is 1.47. The third-order valence-electron chi connectivity index (χ3n) is 1.98. The highest BCUT2D eigenvalue weighted by molar-refractivity contribution is 5.15. The molecule has 0 bridgehead atoms. The first-order valence-corrected chi connectivity index (χ1v) is 4.82. The lowest BCUT2D eigenvalue weighted by atomic mass is 10.1. The molecule has 0 aromatic carbocycles. The van der Waals surface area contributed by atoms with Crippen molar-refractivity contribution in [1.82, 2.24) is 14.8 Å². The summed E-state index contributed by atoms with van der Waals surface area (Å²) in [6.07, 6.45) is 1.94. The van der Waals surface area contributed by atoms with Crippen LogP contribution in [-0.4, -0.2) is 14.8 Å². The summed E-state index contributed by atoms with van der Waals surface area (Å²) in [7, 11) is 0. The van der Waals surface area contributed by atoms with Gasteiger partial charge in [0.15, 0.2) is 5.82 Å². The van der Waals surface area contributed by atoms with Crippen molar-refractivity contribution in [3.63, 3.8) is 0 Å². The van der Waals surface area contributed by atoms with E-state index in [0.717, 1.165) is 25.2 Å². The molecule has 1 heterocycles. The number of aromatic nitrogens is 3. The molecule has 1 rings (SSSR count). The lowest BCUT2D eigenvalue weighted by molar-refractivity contribution is 0.488. The fourth-order valence-electron chi connectivity index (χ4n) is 1.10. The zero-order valence-electron chi connectivity index (χ0n) is 8.62. The Kier molecular flexibility index (Phi) is 3.28. The first-order valence-electron chi connectivity index (χ1n) is 4.82. The molecule has 0 aliphatic heterocycles. The van der Waals surface area contributed by atoms with Gasteiger partial charge in [0, 0.05) is 13.0 Å². The number of nitrogens with zero attached hydrogens (tertiary/aromatic N) is 3. The molecule has 0 spiro atoms. The van der Waals surface area contributed by atoms with Crippen LogP contribution >= 0.6 is 0 Å². The second kappa shape index (κ2) is 4.25. The van der Waals surface area contributed by atoms with Gasteiger partial charge in [0.05, 0.1) is 0 Å². The largest absolute Gasteiger partial charge is 0.368 e. The topological polar surface area (TPSA) is 56.7 Å². The Morgan fingerprint density at radius 2 is 2.15 bits per heavy atom. The van der Waals surface area contributed by atoms with E-state index < -0.39 is 0 Å². The van der Waals surface area contributed by atoms with Crippen molar-refractivity contribution in [2.24, 2.45) is 5.92 Å². The van der Waals surface area contributed by atoms with Gasteiger partial charge in [0.25, 0.3) is 0 Å². The molecule has 0 aliphatic carbocycles. The van der Waals surface area contributed by atoms with Crippen molar-refractivity contribution in [2.45, 2.75) is 40.2 Å². The van der Waals surface area contributed by atoms with Gasteiger partial charge in [-0.2, -0.15) is 10.1 Å². The molecule has 4 heteroatoms. The average Bonchev–Trinajstić information content (AvgIpc) is 2.43. The van der Waals surface area contributed by atoms with E-state index in [4.69, 9.17) is 5.73 Å². The van der Waals surface area contributed by atoms with E-state index in [1.54, 1.807) is 4.68 Å². The van der Waals surface area contributed by atoms with Crippen LogP contribution < -0.4 is 5.73 Å². The maximum atomic E-state index is 5.69. The standard InChI is InChI=1S/C9H18N4/c1-4-8-11-9(10)13(12-8)6-5-7(2)3/h7H,4-6H2,1-3H3,(H2,10,11,12). The average molecular weight is 182 g/mol. The Morgan fingerprint density at radius 1 is 1.46 bits per heavy atom. The van der Waals surface area contributed by atoms with Crippen LogP contribution in [0.5, 0.6) is 0 Å². The first-order chi connectivity index (χ1) is 6.13. The van der Waals surface area contributed by atoms with Gasteiger partial charge in [-0.25, -0.2) is 4.68 Å². The normalized spacial score (nSPS) is 11.1. The maximum Gasteiger partial charge on any atom is 0.218 e. The Morgan fingerprint density at radius 3 is 2.62 bits per heavy atom. The number of aryl methyl sites for hydroxylation is 2. The molecule has 13 heavy (non-hydrogen) atoms. The van der Waals surface area contributed by atoms with Gasteiger partial charge in [-0.15, -0.1) is 0 Å². The third kappa shape index (κ3) is 2.72. The van der Waals surface area contributed by atoms with Crippen molar-refractivity contribution in [3.05, 3.63) is 5.82 Å². The number of nitrogens with two attached hydrogens (primary N) is 1. The number of rotatable bonds is 4. The zero-order chi connectivity index (χ0) is 9.84. The van der Waals surface area contributed by atoms with E-state index in [-0.39, 0.29) is 0 Å². The van der Waals surface area contributed by atoms with Crippen LogP contribution in [0, 0.1) is 5.92 Å². The SMILES string of the molecule is CCc1nc(N)n(CCC(C)C)n1. The Bertz CT molecular complexity index is 265. The zero-order valence-corrected chi connectivity index (χ0v) is 8.62. The maximum absolute atomic E-state index is 5.69. The molecule has 0 saturated heterocycles. The molecule has 2 N–H and O–H groups in total. The summed E-state index contributed by atoms with van der Waals surface area (Å²) in [6.45, 7) is 7.28. The van der Waals surface area contributed by atoms with E-state index in [1.807, 2.05) is 6.92 Å². The van der Waals surface area contributed by atoms with Gasteiger partial charge in [-0.3, -0.25) is 0 Å². The molecule has 0 aliphatic rings. The van der Waals surface area contributed by atoms with E-state index in [2.05, 4.69) is 23.9 Å². The fourth-order valence-corrected chi connectivity index (χ4v) is 1.10. The molecule has 4 nitrogen and oxygen atoms in total. The van der Waals surface area contributed by atoms with Gasteiger partial charge in [0.1, 0.15) is 0 Å². The van der Waals surface area contributed by atoms with Crippen LogP contribution in [-0.2, 0) is 13.0 Å². The molecule has 1 aromatic heterocycles. The van der Waals surface area contributed by atoms with Crippen LogP contribution in [0.2, 0.25) is 0 Å². The molecular formula is C9H18N4. The Balaban J connectivity index is 2.60. The molecule has 0 radical (unpaired) electrons. The predicted molar refractivity (Wildman–Crippen MR) is 53.3 cm³/mol. The molecule has 0 fully saturated rings. The van der Waals surface area contributed by atoms with Crippen molar-refractivity contribution >= 4 is 5.95 Å². The summed E-state index contributed by atoms with van der Waals surface area (Å²) in [5, 5.41) is 4.28. The summed E-state index contributed by atoms with van der Waals surface area (Å²) in [6, 6.07) is 0. The van der Waals surface area contributed by atoms with E-state index >= 15 is 0 Å². The molecule has 74 valence electrons. The molecule has 0 saturated carbocycles. The van der Waals surface area contributed by atoms with Crippen LogP contribution in [0.3, 0.4) is 0 Å². The van der Waals surface area contributed by atoms with Gasteiger partial charge in [0.2, 0.25) is 5.95 Å². The molecule has 0 amide bonds. The molecule has 0 unspecified atom stereocenters. The third-order valence-corrected chi connectivity index (χ3v) is 1.98. The van der Waals surface area contributed by atoms with Crippen molar-refractivity contribution < 1.29 is 0 Å². The van der Waals surface area contributed by atoms with Crippen LogP contribution in [0.25, 0.3) is 0 Å². The lowest BCUT2D eigenvalue weighted by Gasteiger charge is -2.04. The number of hydrogen-bond donors (Lipinski definition) is 1. The number of hydrogen-bond acceptors (Lipinski definition) is 3. The molecular weight excluding hydrogens is 164 g/mol. The van der Waals surface area contributed by atoms with Crippen molar-refractivity contribution in [1.29, 1.82) is 0 Å². The van der Waals surface area contributed by atoms with Crippen LogP contribution in [0.1, 0.15) is 33.0 Å². The lowest BCUT2D eigenvalue weighted by Crippen LogP contribution is -2.07. The number of nitrogen functional groups attached to an aromatic ring is 1. The highest BCUT2D eigenvalue weighted by Crippen LogP contribution is 2.06. The second-order valence-corrected chi connectivity index (χ2v) is 3.65. The Labute approximate surface area is 79.2 Å². The van der Waals surface area contributed by atoms with E-state index in [0.29, 0.717) is 11.9 Å². The summed E-state index contributed by atoms with van der Waals surface area (Å²) in [5.41, 5.74) is 5.69. The second-order valence-electron chi connectivity index (χ2n) is 3.65. The molecule has 1 aromatic rings. The Hall–Kier alpha value is -1.06. The van der Waals surface area contributed by atoms with Crippen LogP contribution in [0.15, 0.2) is 0 Å². The first kappa shape index (κ1) is 10.0. The monoisotopic (exact) mass is 182 g/mol. The van der Waals surface area contributed by atoms with Gasteiger partial charge in [-0.05, 0) is 12.3 Å². The van der Waals surface area contributed by atoms with Crippen molar-refractivity contribution in [2.75, 3.05) is 5.73 Å². The fraction of sp³-hybridized carbons (Fsp3) is 0.778. The van der Waals surface area contributed by atoms with E-state index in [1.165, 1.54) is 0 Å². The highest BCUT2D eigenvalue weighted by atomic mass is 15.4. The van der Waals surface area contributed by atoms with Gasteiger partial charge < -0.3 is 5.73 Å². The van der Waals surface area contributed by atoms with Gasteiger partial charge in [-0.1, -0.05) is 20.8 Å².